The minimum Gasteiger partial charge on any atom is -0.463 e. The molecule has 0 saturated carbocycles. The van der Waals surface area contributed by atoms with Crippen molar-refractivity contribution in [3.8, 4) is 6.01 Å². The standard InChI is InChI=1S/C10H15N2O2/c1-7-6-8(2)12-10(11-7)14-5-4-9(3)13/h9,13H,4-5H2,1-3H3/t9-/m0/s1. The van der Waals surface area contributed by atoms with E-state index in [2.05, 4.69) is 16.0 Å². The molecule has 0 aliphatic heterocycles. The molecular formula is C10H15N2O2. The summed E-state index contributed by atoms with van der Waals surface area (Å²) in [5.74, 6) is 0. The lowest BCUT2D eigenvalue weighted by Gasteiger charge is -2.06. The van der Waals surface area contributed by atoms with Gasteiger partial charge in [-0.25, -0.2) is 0 Å². The van der Waals surface area contributed by atoms with Crippen LogP contribution in [-0.4, -0.2) is 27.8 Å². The van der Waals surface area contributed by atoms with Crippen molar-refractivity contribution in [2.75, 3.05) is 6.61 Å². The van der Waals surface area contributed by atoms with E-state index in [1.807, 2.05) is 13.8 Å². The molecular weight excluding hydrogens is 180 g/mol. The van der Waals surface area contributed by atoms with E-state index in [0.717, 1.165) is 11.4 Å². The predicted molar refractivity (Wildman–Crippen MR) is 52.1 cm³/mol. The molecule has 0 spiro atoms. The average Bonchev–Trinajstić information content (AvgIpc) is 2.01. The zero-order valence-corrected chi connectivity index (χ0v) is 8.74. The molecule has 0 fully saturated rings. The average molecular weight is 195 g/mol. The molecule has 14 heavy (non-hydrogen) atoms. The topological polar surface area (TPSA) is 55.2 Å². The molecule has 1 heterocycles. The van der Waals surface area contributed by atoms with E-state index in [1.165, 1.54) is 0 Å². The Labute approximate surface area is 84.0 Å². The third-order valence-corrected chi connectivity index (χ3v) is 1.66. The maximum absolute atomic E-state index is 9.01. The summed E-state index contributed by atoms with van der Waals surface area (Å²) in [6.45, 7) is 5.84. The van der Waals surface area contributed by atoms with Crippen LogP contribution in [-0.2, 0) is 0 Å². The van der Waals surface area contributed by atoms with Crippen LogP contribution >= 0.6 is 0 Å². The van der Waals surface area contributed by atoms with Gasteiger partial charge in [-0.3, -0.25) is 0 Å². The second-order valence-electron chi connectivity index (χ2n) is 3.29. The molecule has 1 rings (SSSR count). The van der Waals surface area contributed by atoms with Gasteiger partial charge in [-0.1, -0.05) is 0 Å². The molecule has 0 aliphatic rings. The first-order valence-corrected chi connectivity index (χ1v) is 4.63. The molecule has 0 aromatic carbocycles. The Morgan fingerprint density at radius 3 is 2.43 bits per heavy atom. The van der Waals surface area contributed by atoms with Crippen LogP contribution in [0.4, 0.5) is 0 Å². The maximum Gasteiger partial charge on any atom is 0.316 e. The number of hydrogen-bond donors (Lipinski definition) is 1. The lowest BCUT2D eigenvalue weighted by Crippen LogP contribution is -2.09. The van der Waals surface area contributed by atoms with E-state index in [9.17, 15) is 0 Å². The number of aryl methyl sites for hydroxylation is 2. The van der Waals surface area contributed by atoms with Gasteiger partial charge in [-0.2, -0.15) is 9.97 Å². The van der Waals surface area contributed by atoms with Crippen LogP contribution in [0.3, 0.4) is 0 Å². The van der Waals surface area contributed by atoms with Crippen molar-refractivity contribution in [2.24, 2.45) is 0 Å². The van der Waals surface area contributed by atoms with Gasteiger partial charge in [0.1, 0.15) is 0 Å². The Balaban J connectivity index is 2.50. The summed E-state index contributed by atoms with van der Waals surface area (Å²) in [5, 5.41) is 9.01. The summed E-state index contributed by atoms with van der Waals surface area (Å²) in [4.78, 5) is 8.12. The first-order chi connectivity index (χ1) is 6.58. The second kappa shape index (κ2) is 4.91. The summed E-state index contributed by atoms with van der Waals surface area (Å²) >= 11 is 0. The number of nitrogens with zero attached hydrogens (tertiary/aromatic N) is 2. The normalized spacial score (nSPS) is 12.6. The summed E-state index contributed by atoms with van der Waals surface area (Å²) in [6, 6.07) is 3.32. The molecule has 1 N–H and O–H groups in total. The van der Waals surface area contributed by atoms with Crippen LogP contribution in [0, 0.1) is 19.9 Å². The van der Waals surface area contributed by atoms with Crippen LogP contribution in [0.5, 0.6) is 6.01 Å². The molecule has 0 amide bonds. The minimum atomic E-state index is -0.354. The highest BCUT2D eigenvalue weighted by Crippen LogP contribution is 2.05. The second-order valence-corrected chi connectivity index (χ2v) is 3.29. The van der Waals surface area contributed by atoms with Gasteiger partial charge in [0.25, 0.3) is 0 Å². The number of aromatic nitrogens is 2. The molecule has 0 saturated heterocycles. The Bertz CT molecular complexity index is 280. The van der Waals surface area contributed by atoms with Crippen LogP contribution in [0.15, 0.2) is 0 Å². The Kier molecular flexibility index (Phi) is 3.83. The molecule has 1 aromatic rings. The number of ether oxygens (including phenoxy) is 1. The van der Waals surface area contributed by atoms with Gasteiger partial charge in [-0.05, 0) is 20.8 Å². The van der Waals surface area contributed by atoms with E-state index >= 15 is 0 Å². The molecule has 1 radical (unpaired) electrons. The first kappa shape index (κ1) is 10.9. The van der Waals surface area contributed by atoms with Crippen molar-refractivity contribution in [3.63, 3.8) is 0 Å². The third-order valence-electron chi connectivity index (χ3n) is 1.66. The third kappa shape index (κ3) is 3.70. The highest BCUT2D eigenvalue weighted by molar-refractivity contribution is 5.09. The lowest BCUT2D eigenvalue weighted by molar-refractivity contribution is 0.151. The summed E-state index contributed by atoms with van der Waals surface area (Å²) in [6.07, 6.45) is 0.229. The molecule has 0 aliphatic carbocycles. The summed E-state index contributed by atoms with van der Waals surface area (Å²) in [5.41, 5.74) is 1.54. The SMILES string of the molecule is Cc1[c]c(C)nc(OCC[C@H](C)O)n1. The van der Waals surface area contributed by atoms with Gasteiger partial charge in [0.05, 0.1) is 24.1 Å². The quantitative estimate of drug-likeness (QED) is 0.780. The molecule has 1 atom stereocenters. The predicted octanol–water partition coefficient (Wildman–Crippen LogP) is 1.04. The van der Waals surface area contributed by atoms with Crippen molar-refractivity contribution in [2.45, 2.75) is 33.3 Å². The Hall–Kier alpha value is -1.16. The molecule has 4 heteroatoms. The van der Waals surface area contributed by atoms with Crippen molar-refractivity contribution in [3.05, 3.63) is 17.5 Å². The minimum absolute atomic E-state index is 0.354. The highest BCUT2D eigenvalue weighted by atomic mass is 16.5. The van der Waals surface area contributed by atoms with Gasteiger partial charge >= 0.3 is 6.01 Å². The number of hydrogen-bond acceptors (Lipinski definition) is 4. The van der Waals surface area contributed by atoms with Gasteiger partial charge < -0.3 is 9.84 Å². The lowest BCUT2D eigenvalue weighted by atomic mass is 10.3. The van der Waals surface area contributed by atoms with Crippen molar-refractivity contribution >= 4 is 0 Å². The van der Waals surface area contributed by atoms with Crippen LogP contribution in [0.1, 0.15) is 24.7 Å². The largest absolute Gasteiger partial charge is 0.463 e. The van der Waals surface area contributed by atoms with Gasteiger partial charge in [0.15, 0.2) is 0 Å². The van der Waals surface area contributed by atoms with Gasteiger partial charge in [0, 0.05) is 12.5 Å². The van der Waals surface area contributed by atoms with E-state index in [4.69, 9.17) is 9.84 Å². The summed E-state index contributed by atoms with van der Waals surface area (Å²) in [7, 11) is 0. The highest BCUT2D eigenvalue weighted by Gasteiger charge is 2.01. The van der Waals surface area contributed by atoms with E-state index < -0.39 is 0 Å². The van der Waals surface area contributed by atoms with E-state index in [1.54, 1.807) is 6.92 Å². The van der Waals surface area contributed by atoms with Crippen LogP contribution in [0.2, 0.25) is 0 Å². The van der Waals surface area contributed by atoms with Crippen LogP contribution < -0.4 is 4.74 Å². The zero-order valence-electron chi connectivity index (χ0n) is 8.74. The molecule has 1 aromatic heterocycles. The number of aliphatic hydroxyl groups is 1. The van der Waals surface area contributed by atoms with E-state index in [0.29, 0.717) is 19.0 Å². The van der Waals surface area contributed by atoms with Crippen molar-refractivity contribution in [1.82, 2.24) is 9.97 Å². The Morgan fingerprint density at radius 1 is 1.36 bits per heavy atom. The Morgan fingerprint density at radius 2 is 1.93 bits per heavy atom. The van der Waals surface area contributed by atoms with E-state index in [-0.39, 0.29) is 6.10 Å². The molecule has 0 unspecified atom stereocenters. The molecule has 77 valence electrons. The van der Waals surface area contributed by atoms with Crippen molar-refractivity contribution < 1.29 is 9.84 Å². The fourth-order valence-electron chi connectivity index (χ4n) is 1.01. The molecule has 4 nitrogen and oxygen atoms in total. The number of rotatable bonds is 4. The maximum atomic E-state index is 9.01. The number of aliphatic hydroxyl groups excluding tert-OH is 1. The fraction of sp³-hybridized carbons (Fsp3) is 0.600. The summed E-state index contributed by atoms with van der Waals surface area (Å²) < 4.78 is 5.28. The van der Waals surface area contributed by atoms with Gasteiger partial charge in [-0.15, -0.1) is 0 Å². The van der Waals surface area contributed by atoms with Crippen LogP contribution in [0.25, 0.3) is 0 Å². The zero-order chi connectivity index (χ0) is 10.6. The molecule has 0 bridgehead atoms. The van der Waals surface area contributed by atoms with Crippen molar-refractivity contribution in [1.29, 1.82) is 0 Å². The van der Waals surface area contributed by atoms with Gasteiger partial charge in [0.2, 0.25) is 0 Å². The smallest absolute Gasteiger partial charge is 0.316 e. The monoisotopic (exact) mass is 195 g/mol. The first-order valence-electron chi connectivity index (χ1n) is 4.63. The fourth-order valence-corrected chi connectivity index (χ4v) is 1.01.